The van der Waals surface area contributed by atoms with Crippen molar-refractivity contribution in [3.05, 3.63) is 0 Å². The molecular weight excluding hydrogens is 1340 g/mol. The summed E-state index contributed by atoms with van der Waals surface area (Å²) in [5.41, 5.74) is 0. The Labute approximate surface area is 632 Å². The molecule has 0 aliphatic heterocycles. The Hall–Kier alpha value is -1.94. The number of esters is 4. The van der Waals surface area contributed by atoms with E-state index in [0.717, 1.165) is 89.9 Å². The van der Waals surface area contributed by atoms with Crippen LogP contribution in [0.4, 0.5) is 0 Å². The van der Waals surface area contributed by atoms with E-state index in [2.05, 4.69) is 27.7 Å². The molecular formula is C84H164O17P2. The van der Waals surface area contributed by atoms with Crippen molar-refractivity contribution >= 4 is 39.5 Å². The quantitative estimate of drug-likeness (QED) is 0.0222. The van der Waals surface area contributed by atoms with Crippen molar-refractivity contribution in [3.63, 3.8) is 0 Å². The van der Waals surface area contributed by atoms with Gasteiger partial charge >= 0.3 is 39.5 Å². The molecule has 0 aliphatic rings. The minimum atomic E-state index is -4.96. The predicted molar refractivity (Wildman–Crippen MR) is 423 cm³/mol. The Morgan fingerprint density at radius 3 is 0.573 bits per heavy atom. The van der Waals surface area contributed by atoms with Crippen LogP contribution < -0.4 is 0 Å². The second-order valence-electron chi connectivity index (χ2n) is 30.2. The molecule has 0 saturated heterocycles. The summed E-state index contributed by atoms with van der Waals surface area (Å²) in [4.78, 5) is 73.2. The van der Waals surface area contributed by atoms with Gasteiger partial charge < -0.3 is 33.8 Å². The van der Waals surface area contributed by atoms with E-state index in [1.54, 1.807) is 0 Å². The summed E-state index contributed by atoms with van der Waals surface area (Å²) in [7, 11) is -9.92. The van der Waals surface area contributed by atoms with Crippen LogP contribution in [0.1, 0.15) is 458 Å². The number of aliphatic hydroxyl groups excluding tert-OH is 1. The first-order valence-electron chi connectivity index (χ1n) is 43.8. The van der Waals surface area contributed by atoms with Crippen molar-refractivity contribution in [1.29, 1.82) is 0 Å². The second kappa shape index (κ2) is 78.2. The van der Waals surface area contributed by atoms with Gasteiger partial charge in [0.1, 0.15) is 19.3 Å². The maximum Gasteiger partial charge on any atom is 0.472 e. The number of aliphatic hydroxyl groups is 1. The number of phosphoric acid groups is 2. The number of ether oxygens (including phenoxy) is 4. The third-order valence-corrected chi connectivity index (χ3v) is 21.8. The summed E-state index contributed by atoms with van der Waals surface area (Å²) >= 11 is 0. The lowest BCUT2D eigenvalue weighted by Crippen LogP contribution is -2.30. The van der Waals surface area contributed by atoms with Gasteiger partial charge in [0.05, 0.1) is 26.4 Å². The molecule has 0 amide bonds. The van der Waals surface area contributed by atoms with Crippen LogP contribution in [-0.4, -0.2) is 96.7 Å². The molecule has 0 fully saturated rings. The van der Waals surface area contributed by atoms with E-state index in [0.29, 0.717) is 25.7 Å². The summed E-state index contributed by atoms with van der Waals surface area (Å²) in [6.45, 7) is 5.05. The summed E-state index contributed by atoms with van der Waals surface area (Å²) in [5, 5.41) is 10.7. The number of rotatable bonds is 85. The van der Waals surface area contributed by atoms with E-state index in [1.165, 1.54) is 289 Å². The topological polar surface area (TPSA) is 237 Å². The first-order valence-corrected chi connectivity index (χ1v) is 46.8. The van der Waals surface area contributed by atoms with Crippen molar-refractivity contribution in [3.8, 4) is 0 Å². The lowest BCUT2D eigenvalue weighted by molar-refractivity contribution is -0.161. The maximum absolute atomic E-state index is 13.1. The zero-order chi connectivity index (χ0) is 75.3. The van der Waals surface area contributed by atoms with Gasteiger partial charge in [-0.3, -0.25) is 37.3 Å². The van der Waals surface area contributed by atoms with E-state index in [9.17, 15) is 43.2 Å². The zero-order valence-corrected chi connectivity index (χ0v) is 69.1. The minimum absolute atomic E-state index is 0.109. The fourth-order valence-corrected chi connectivity index (χ4v) is 14.7. The third-order valence-electron chi connectivity index (χ3n) is 19.9. The third kappa shape index (κ3) is 78.0. The molecule has 17 nitrogen and oxygen atoms in total. The largest absolute Gasteiger partial charge is 0.472 e. The molecule has 3 N–H and O–H groups in total. The lowest BCUT2D eigenvalue weighted by Gasteiger charge is -2.21. The lowest BCUT2D eigenvalue weighted by atomic mass is 10.0. The molecule has 0 aromatic rings. The van der Waals surface area contributed by atoms with Gasteiger partial charge in [-0.1, -0.05) is 407 Å². The smallest absolute Gasteiger partial charge is 0.462 e. The van der Waals surface area contributed by atoms with Crippen molar-refractivity contribution in [1.82, 2.24) is 0 Å². The highest BCUT2D eigenvalue weighted by Gasteiger charge is 2.30. The van der Waals surface area contributed by atoms with Crippen molar-refractivity contribution in [2.45, 2.75) is 476 Å². The van der Waals surface area contributed by atoms with Crippen LogP contribution in [0, 0.1) is 0 Å². The van der Waals surface area contributed by atoms with Gasteiger partial charge in [0, 0.05) is 25.7 Å². The van der Waals surface area contributed by atoms with E-state index >= 15 is 0 Å². The second-order valence-corrected chi connectivity index (χ2v) is 33.1. The molecule has 0 radical (unpaired) electrons. The average Bonchev–Trinajstić information content (AvgIpc) is 0.925. The molecule has 0 aliphatic carbocycles. The summed E-state index contributed by atoms with van der Waals surface area (Å²) in [6.07, 6.45) is 72.1. The SMILES string of the molecule is CCCCCCCCCCCCCCCCCCCCCC(=O)O[C@H](COC(=O)CCCCCCCCCCCCCCCCCCCC)COP(=O)(O)OC[C@@H](O)COP(=O)(O)OC[C@@H](COC(=O)CCCCCCCCCCCCCCC)OC(=O)CCCCCCCCCCCCCCC. The van der Waals surface area contributed by atoms with Crippen molar-refractivity contribution in [2.75, 3.05) is 39.6 Å². The number of hydrogen-bond donors (Lipinski definition) is 3. The van der Waals surface area contributed by atoms with Gasteiger partial charge in [-0.2, -0.15) is 0 Å². The van der Waals surface area contributed by atoms with Crippen LogP contribution in [0.5, 0.6) is 0 Å². The molecule has 5 atom stereocenters. The molecule has 0 aromatic carbocycles. The monoisotopic (exact) mass is 1510 g/mol. The summed E-state index contributed by atoms with van der Waals surface area (Å²) in [5.74, 6) is -2.10. The number of hydrogen-bond acceptors (Lipinski definition) is 15. The standard InChI is InChI=1S/C84H164O17P2/c1-5-9-13-17-21-25-29-33-35-37-39-41-43-47-51-55-59-63-67-71-84(89)101-80(75-95-82(87)69-65-61-57-53-49-46-42-40-38-36-34-30-26-22-18-14-10-6-2)77-99-103(92,93)97-73-78(85)72-96-102(90,91)98-76-79(100-83(88)70-66-62-58-54-50-45-32-28-24-20-16-12-8-4)74-94-81(86)68-64-60-56-52-48-44-31-27-23-19-15-11-7-3/h78-80,85H,5-77H2,1-4H3,(H,90,91)(H,92,93)/t78-,79+,80+/m0/s1. The Bertz CT molecular complexity index is 1950. The van der Waals surface area contributed by atoms with Crippen LogP contribution in [0.25, 0.3) is 0 Å². The van der Waals surface area contributed by atoms with Crippen LogP contribution in [0.3, 0.4) is 0 Å². The van der Waals surface area contributed by atoms with Crippen molar-refractivity contribution < 1.29 is 80.2 Å². The molecule has 612 valence electrons. The molecule has 103 heavy (non-hydrogen) atoms. The minimum Gasteiger partial charge on any atom is -0.462 e. The highest BCUT2D eigenvalue weighted by Crippen LogP contribution is 2.45. The van der Waals surface area contributed by atoms with Crippen molar-refractivity contribution in [2.24, 2.45) is 0 Å². The van der Waals surface area contributed by atoms with Crippen LogP contribution in [0.2, 0.25) is 0 Å². The molecule has 0 aromatic heterocycles. The Balaban J connectivity index is 5.24. The number of carbonyl (C=O) groups excluding carboxylic acids is 4. The molecule has 0 rings (SSSR count). The Kier molecular flexibility index (Phi) is 76.7. The Morgan fingerprint density at radius 1 is 0.233 bits per heavy atom. The van der Waals surface area contributed by atoms with Gasteiger partial charge in [0.15, 0.2) is 12.2 Å². The Morgan fingerprint density at radius 2 is 0.388 bits per heavy atom. The van der Waals surface area contributed by atoms with Gasteiger partial charge in [-0.25, -0.2) is 9.13 Å². The molecule has 0 bridgehead atoms. The van der Waals surface area contributed by atoms with E-state index in [-0.39, 0.29) is 25.7 Å². The molecule has 0 saturated carbocycles. The molecule has 2 unspecified atom stereocenters. The first-order chi connectivity index (χ1) is 50.2. The summed E-state index contributed by atoms with van der Waals surface area (Å²) < 4.78 is 68.9. The van der Waals surface area contributed by atoms with Crippen LogP contribution in [0.15, 0.2) is 0 Å². The van der Waals surface area contributed by atoms with Gasteiger partial charge in [-0.05, 0) is 25.7 Å². The predicted octanol–water partition coefficient (Wildman–Crippen LogP) is 25.7. The molecule has 19 heteroatoms. The highest BCUT2D eigenvalue weighted by molar-refractivity contribution is 7.47. The van der Waals surface area contributed by atoms with E-state index < -0.39 is 97.5 Å². The highest BCUT2D eigenvalue weighted by atomic mass is 31.2. The number of phosphoric ester groups is 2. The molecule has 0 heterocycles. The van der Waals surface area contributed by atoms with E-state index in [1.807, 2.05) is 0 Å². The number of carbonyl (C=O) groups is 4. The normalized spacial score (nSPS) is 13.7. The van der Waals surface area contributed by atoms with Gasteiger partial charge in [0.2, 0.25) is 0 Å². The fourth-order valence-electron chi connectivity index (χ4n) is 13.2. The summed E-state index contributed by atoms with van der Waals surface area (Å²) in [6, 6.07) is 0. The fraction of sp³-hybridized carbons (Fsp3) is 0.952. The van der Waals surface area contributed by atoms with Gasteiger partial charge in [0.25, 0.3) is 0 Å². The van der Waals surface area contributed by atoms with E-state index in [4.69, 9.17) is 37.0 Å². The van der Waals surface area contributed by atoms with Gasteiger partial charge in [-0.15, -0.1) is 0 Å². The average molecular weight is 1510 g/mol. The zero-order valence-electron chi connectivity index (χ0n) is 67.3. The van der Waals surface area contributed by atoms with Crippen LogP contribution >= 0.6 is 15.6 Å². The van der Waals surface area contributed by atoms with Crippen LogP contribution in [-0.2, 0) is 65.4 Å². The molecule has 0 spiro atoms. The number of unbranched alkanes of at least 4 members (excludes halogenated alkanes) is 59. The maximum atomic E-state index is 13.1. The first kappa shape index (κ1) is 101.